The minimum atomic E-state index is -0.174. The first-order valence-corrected chi connectivity index (χ1v) is 9.37. The van der Waals surface area contributed by atoms with Gasteiger partial charge in [-0.05, 0) is 25.0 Å². The van der Waals surface area contributed by atoms with Crippen LogP contribution in [0.3, 0.4) is 0 Å². The molecule has 2 amide bonds. The Kier molecular flexibility index (Phi) is 4.20. The van der Waals surface area contributed by atoms with Crippen LogP contribution in [0.15, 0.2) is 28.8 Å². The van der Waals surface area contributed by atoms with Gasteiger partial charge in [-0.3, -0.25) is 9.59 Å². The third-order valence-electron chi connectivity index (χ3n) is 4.33. The lowest BCUT2D eigenvalue weighted by molar-refractivity contribution is -0.129. The Morgan fingerprint density at radius 3 is 2.72 bits per heavy atom. The summed E-state index contributed by atoms with van der Waals surface area (Å²) in [6, 6.07) is 7.30. The molecule has 1 aliphatic carbocycles. The number of nitrogens with one attached hydrogen (secondary N) is 1. The van der Waals surface area contributed by atoms with Crippen molar-refractivity contribution in [3.05, 3.63) is 35.7 Å². The van der Waals surface area contributed by atoms with Gasteiger partial charge in [0.1, 0.15) is 6.04 Å². The van der Waals surface area contributed by atoms with Crippen LogP contribution in [-0.4, -0.2) is 44.5 Å². The van der Waals surface area contributed by atoms with E-state index in [1.54, 1.807) is 35.7 Å². The molecule has 8 heteroatoms. The van der Waals surface area contributed by atoms with Crippen LogP contribution in [0.2, 0.25) is 0 Å². The van der Waals surface area contributed by atoms with Crippen LogP contribution in [0.1, 0.15) is 42.1 Å². The molecule has 0 radical (unpaired) electrons. The Bertz CT molecular complexity index is 800. The zero-order valence-corrected chi connectivity index (χ0v) is 14.6. The highest BCUT2D eigenvalue weighted by atomic mass is 32.2. The van der Waals surface area contributed by atoms with Crippen molar-refractivity contribution in [2.75, 3.05) is 11.6 Å². The predicted octanol–water partition coefficient (Wildman–Crippen LogP) is 2.22. The quantitative estimate of drug-likeness (QED) is 0.902. The third kappa shape index (κ3) is 3.39. The van der Waals surface area contributed by atoms with E-state index < -0.39 is 0 Å². The van der Waals surface area contributed by atoms with Crippen molar-refractivity contribution in [2.45, 2.75) is 31.8 Å². The summed E-state index contributed by atoms with van der Waals surface area (Å²) in [5.41, 5.74) is 1.40. The van der Waals surface area contributed by atoms with Crippen molar-refractivity contribution in [3.63, 3.8) is 0 Å². The molecule has 1 aromatic carbocycles. The molecule has 1 atom stereocenters. The van der Waals surface area contributed by atoms with Crippen molar-refractivity contribution in [1.29, 1.82) is 0 Å². The van der Waals surface area contributed by atoms with Gasteiger partial charge in [-0.1, -0.05) is 17.3 Å². The molecule has 7 nitrogen and oxygen atoms in total. The third-order valence-corrected chi connectivity index (χ3v) is 5.34. The van der Waals surface area contributed by atoms with Gasteiger partial charge < -0.3 is 14.7 Å². The van der Waals surface area contributed by atoms with Crippen molar-refractivity contribution in [2.24, 2.45) is 0 Å². The highest BCUT2D eigenvalue weighted by Gasteiger charge is 2.33. The summed E-state index contributed by atoms with van der Waals surface area (Å²) >= 11 is 1.67. The molecule has 1 saturated heterocycles. The Morgan fingerprint density at radius 2 is 2.04 bits per heavy atom. The summed E-state index contributed by atoms with van der Waals surface area (Å²) in [7, 11) is 0. The van der Waals surface area contributed by atoms with E-state index in [0.717, 1.165) is 24.2 Å². The van der Waals surface area contributed by atoms with E-state index >= 15 is 0 Å². The second-order valence-corrected chi connectivity index (χ2v) is 7.29. The fraction of sp³-hybridized carbons (Fsp3) is 0.412. The van der Waals surface area contributed by atoms with Gasteiger partial charge in [-0.15, -0.1) is 11.8 Å². The number of benzene rings is 1. The minimum Gasteiger partial charge on any atom is -0.349 e. The molecule has 1 unspecified atom stereocenters. The molecule has 0 spiro atoms. The second kappa shape index (κ2) is 6.51. The molecule has 2 aliphatic rings. The van der Waals surface area contributed by atoms with Gasteiger partial charge in [-0.25, -0.2) is 0 Å². The zero-order valence-electron chi connectivity index (χ0n) is 13.8. The molecule has 1 aliphatic heterocycles. The van der Waals surface area contributed by atoms with Crippen molar-refractivity contribution in [3.8, 4) is 11.4 Å². The predicted molar refractivity (Wildman–Crippen MR) is 92.8 cm³/mol. The summed E-state index contributed by atoms with van der Waals surface area (Å²) in [4.78, 5) is 29.9. The maximum absolute atomic E-state index is 12.0. The van der Waals surface area contributed by atoms with Gasteiger partial charge in [0.2, 0.25) is 11.7 Å². The Morgan fingerprint density at radius 1 is 1.28 bits per heavy atom. The maximum Gasteiger partial charge on any atom is 0.251 e. The van der Waals surface area contributed by atoms with E-state index in [4.69, 9.17) is 4.52 Å². The Labute approximate surface area is 149 Å². The number of hydrogen-bond acceptors (Lipinski definition) is 6. The highest BCUT2D eigenvalue weighted by Crippen LogP contribution is 2.33. The smallest absolute Gasteiger partial charge is 0.251 e. The van der Waals surface area contributed by atoms with Crippen LogP contribution in [0.4, 0.5) is 0 Å². The molecule has 0 bridgehead atoms. The second-order valence-electron chi connectivity index (χ2n) is 6.29. The van der Waals surface area contributed by atoms with Gasteiger partial charge in [-0.2, -0.15) is 4.98 Å². The van der Waals surface area contributed by atoms with Gasteiger partial charge in [0.15, 0.2) is 0 Å². The van der Waals surface area contributed by atoms with E-state index in [2.05, 4.69) is 15.5 Å². The lowest BCUT2D eigenvalue weighted by atomic mass is 10.1. The van der Waals surface area contributed by atoms with Crippen molar-refractivity contribution >= 4 is 23.6 Å². The summed E-state index contributed by atoms with van der Waals surface area (Å²) in [6.45, 7) is 1.54. The molecule has 1 N–H and O–H groups in total. The summed E-state index contributed by atoms with van der Waals surface area (Å²) in [6.07, 6.45) is 2.12. The van der Waals surface area contributed by atoms with Gasteiger partial charge in [0, 0.05) is 29.8 Å². The van der Waals surface area contributed by atoms with E-state index in [9.17, 15) is 9.59 Å². The molecular weight excluding hydrogens is 340 g/mol. The summed E-state index contributed by atoms with van der Waals surface area (Å²) in [5.74, 6) is 2.25. The number of nitrogens with zero attached hydrogens (tertiary/aromatic N) is 3. The number of rotatable bonds is 4. The normalized spacial score (nSPS) is 19.9. The first-order valence-electron chi connectivity index (χ1n) is 8.21. The number of hydrogen-bond donors (Lipinski definition) is 1. The van der Waals surface area contributed by atoms with Crippen LogP contribution in [0.25, 0.3) is 11.4 Å². The molecule has 2 heterocycles. The molecule has 1 aromatic heterocycles. The number of amides is 2. The van der Waals surface area contributed by atoms with Crippen LogP contribution in [0.5, 0.6) is 0 Å². The Hall–Kier alpha value is -2.35. The molecule has 130 valence electrons. The minimum absolute atomic E-state index is 0.000720. The molecule has 25 heavy (non-hydrogen) atoms. The molecule has 4 rings (SSSR count). The molecule has 1 saturated carbocycles. The van der Waals surface area contributed by atoms with E-state index in [-0.39, 0.29) is 17.9 Å². The molecule has 2 aromatic rings. The van der Waals surface area contributed by atoms with E-state index in [1.807, 2.05) is 12.1 Å². The van der Waals surface area contributed by atoms with Gasteiger partial charge in [0.25, 0.3) is 11.8 Å². The van der Waals surface area contributed by atoms with Crippen LogP contribution in [0, 0.1) is 0 Å². The highest BCUT2D eigenvalue weighted by molar-refractivity contribution is 7.99. The molecular formula is C17H18N4O3S. The number of carbonyl (C=O) groups excluding carboxylic acids is 2. The van der Waals surface area contributed by atoms with Crippen LogP contribution < -0.4 is 5.32 Å². The number of thioether (sulfide) groups is 1. The monoisotopic (exact) mass is 358 g/mol. The average molecular weight is 358 g/mol. The number of carbonyl (C=O) groups is 2. The largest absolute Gasteiger partial charge is 0.349 e. The van der Waals surface area contributed by atoms with Crippen molar-refractivity contribution < 1.29 is 14.1 Å². The average Bonchev–Trinajstić information content (AvgIpc) is 3.12. The first-order chi connectivity index (χ1) is 12.1. The lowest BCUT2D eigenvalue weighted by Gasteiger charge is -2.18. The van der Waals surface area contributed by atoms with Crippen LogP contribution >= 0.6 is 11.8 Å². The van der Waals surface area contributed by atoms with Crippen LogP contribution in [-0.2, 0) is 4.79 Å². The lowest BCUT2D eigenvalue weighted by Crippen LogP contribution is -2.28. The first kappa shape index (κ1) is 16.1. The number of aromatic nitrogens is 2. The van der Waals surface area contributed by atoms with Gasteiger partial charge in [0.05, 0.1) is 5.88 Å². The fourth-order valence-corrected chi connectivity index (χ4v) is 3.92. The SMILES string of the molecule is CC(=O)N1CSCC1c1nc(-c2ccc(C(=O)NC3CC3)cc2)no1. The van der Waals surface area contributed by atoms with E-state index in [1.165, 1.54) is 0 Å². The van der Waals surface area contributed by atoms with Gasteiger partial charge >= 0.3 is 0 Å². The fourth-order valence-electron chi connectivity index (χ4n) is 2.71. The summed E-state index contributed by atoms with van der Waals surface area (Å²) in [5, 5.41) is 6.98. The molecule has 2 fully saturated rings. The van der Waals surface area contributed by atoms with Crippen molar-refractivity contribution in [1.82, 2.24) is 20.4 Å². The zero-order chi connectivity index (χ0) is 17.4. The Balaban J connectivity index is 1.49. The topological polar surface area (TPSA) is 88.3 Å². The van der Waals surface area contributed by atoms with E-state index in [0.29, 0.717) is 29.2 Å². The summed E-state index contributed by atoms with van der Waals surface area (Å²) < 4.78 is 5.37. The maximum atomic E-state index is 12.0. The standard InChI is InChI=1S/C17H18N4O3S/c1-10(22)21-9-25-8-14(21)17-19-15(20-24-17)11-2-4-12(5-3-11)16(23)18-13-6-7-13/h2-5,13-14H,6-9H2,1H3,(H,18,23).